The van der Waals surface area contributed by atoms with Gasteiger partial charge in [-0.15, -0.1) is 0 Å². The van der Waals surface area contributed by atoms with Crippen molar-refractivity contribution in [2.45, 2.75) is 38.6 Å². The highest BCUT2D eigenvalue weighted by atomic mass is 79.9. The number of nitrogens with zero attached hydrogens (tertiary/aromatic N) is 2. The van der Waals surface area contributed by atoms with Gasteiger partial charge in [0.25, 0.3) is 0 Å². The predicted molar refractivity (Wildman–Crippen MR) is 74.1 cm³/mol. The van der Waals surface area contributed by atoms with E-state index in [2.05, 4.69) is 39.9 Å². The monoisotopic (exact) mass is 292 g/mol. The Hall–Kier alpha value is -1.01. The average Bonchev–Trinajstić information content (AvgIpc) is 2.38. The number of anilines is 1. The normalized spacial score (nSPS) is 20.1. The van der Waals surface area contributed by atoms with Crippen LogP contribution in [0.3, 0.4) is 0 Å². The van der Waals surface area contributed by atoms with Crippen molar-refractivity contribution in [2.75, 3.05) is 11.4 Å². The molecule has 1 aromatic rings. The van der Waals surface area contributed by atoms with Crippen molar-refractivity contribution < 1.29 is 0 Å². The number of rotatable bonds is 2. The molecular weight excluding hydrogens is 276 g/mol. The first kappa shape index (κ1) is 12.4. The molecule has 1 unspecified atom stereocenters. The van der Waals surface area contributed by atoms with E-state index < -0.39 is 0 Å². The summed E-state index contributed by atoms with van der Waals surface area (Å²) in [6.45, 7) is 3.30. The molecule has 0 aliphatic carbocycles. The van der Waals surface area contributed by atoms with Crippen molar-refractivity contribution in [1.82, 2.24) is 0 Å². The minimum absolute atomic E-state index is 0.588. The summed E-state index contributed by atoms with van der Waals surface area (Å²) in [5.74, 6) is 0. The molecule has 0 radical (unpaired) electrons. The average molecular weight is 293 g/mol. The van der Waals surface area contributed by atoms with Crippen LogP contribution in [0.25, 0.3) is 0 Å². The van der Waals surface area contributed by atoms with E-state index in [0.29, 0.717) is 6.04 Å². The lowest BCUT2D eigenvalue weighted by Crippen LogP contribution is -2.39. The zero-order valence-electron chi connectivity index (χ0n) is 10.1. The summed E-state index contributed by atoms with van der Waals surface area (Å²) in [6, 6.07) is 8.81. The fourth-order valence-corrected chi connectivity index (χ4v) is 2.93. The van der Waals surface area contributed by atoms with Gasteiger partial charge in [0.05, 0.1) is 11.3 Å². The largest absolute Gasteiger partial charge is 0.367 e. The van der Waals surface area contributed by atoms with Gasteiger partial charge in [-0.05, 0) is 43.9 Å². The third-order valence-electron chi connectivity index (χ3n) is 3.49. The summed E-state index contributed by atoms with van der Waals surface area (Å²) >= 11 is 3.50. The first-order valence-corrected chi connectivity index (χ1v) is 7.02. The summed E-state index contributed by atoms with van der Waals surface area (Å²) in [5.41, 5.74) is 1.88. The van der Waals surface area contributed by atoms with E-state index >= 15 is 0 Å². The number of hydrogen-bond acceptors (Lipinski definition) is 2. The van der Waals surface area contributed by atoms with E-state index in [4.69, 9.17) is 0 Å². The molecular formula is C14H17BrN2. The van der Waals surface area contributed by atoms with Crippen molar-refractivity contribution >= 4 is 21.6 Å². The summed E-state index contributed by atoms with van der Waals surface area (Å²) in [6.07, 6.45) is 4.93. The SMILES string of the molecule is CCC1CCCCN1c1cc(Br)ccc1C#N. The van der Waals surface area contributed by atoms with Gasteiger partial charge in [0, 0.05) is 17.1 Å². The Morgan fingerprint density at radius 1 is 1.47 bits per heavy atom. The molecule has 1 aromatic carbocycles. The Morgan fingerprint density at radius 3 is 3.00 bits per heavy atom. The molecule has 0 aromatic heterocycles. The third-order valence-corrected chi connectivity index (χ3v) is 3.98. The van der Waals surface area contributed by atoms with Crippen molar-refractivity contribution in [2.24, 2.45) is 0 Å². The molecule has 3 heteroatoms. The number of hydrogen-bond donors (Lipinski definition) is 0. The second-order valence-corrected chi connectivity index (χ2v) is 5.44. The van der Waals surface area contributed by atoms with Gasteiger partial charge in [-0.25, -0.2) is 0 Å². The Labute approximate surface area is 111 Å². The van der Waals surface area contributed by atoms with Crippen LogP contribution >= 0.6 is 15.9 Å². The maximum atomic E-state index is 9.21. The molecule has 1 atom stereocenters. The summed E-state index contributed by atoms with van der Waals surface area (Å²) in [5, 5.41) is 9.21. The minimum Gasteiger partial charge on any atom is -0.367 e. The predicted octanol–water partition coefficient (Wildman–Crippen LogP) is 4.09. The molecule has 2 nitrogen and oxygen atoms in total. The van der Waals surface area contributed by atoms with Crippen LogP contribution in [0.2, 0.25) is 0 Å². The molecule has 0 bridgehead atoms. The van der Waals surface area contributed by atoms with Crippen LogP contribution in [0.4, 0.5) is 5.69 Å². The number of benzene rings is 1. The van der Waals surface area contributed by atoms with Crippen LogP contribution in [0.1, 0.15) is 38.2 Å². The standard InChI is InChI=1S/C14H17BrN2/c1-2-13-5-3-4-8-17(13)14-9-12(15)7-6-11(14)10-16/h6-7,9,13H,2-5,8H2,1H3. The van der Waals surface area contributed by atoms with Gasteiger partial charge >= 0.3 is 0 Å². The van der Waals surface area contributed by atoms with Gasteiger partial charge in [0.1, 0.15) is 6.07 Å². The highest BCUT2D eigenvalue weighted by Crippen LogP contribution is 2.31. The molecule has 2 rings (SSSR count). The molecule has 0 amide bonds. The number of piperidine rings is 1. The van der Waals surface area contributed by atoms with E-state index in [1.54, 1.807) is 0 Å². The lowest BCUT2D eigenvalue weighted by atomic mass is 9.98. The van der Waals surface area contributed by atoms with Crippen LogP contribution < -0.4 is 4.90 Å². The summed E-state index contributed by atoms with van der Waals surface area (Å²) in [4.78, 5) is 2.41. The van der Waals surface area contributed by atoms with Crippen molar-refractivity contribution in [1.29, 1.82) is 5.26 Å². The lowest BCUT2D eigenvalue weighted by molar-refractivity contribution is 0.450. The Balaban J connectivity index is 2.37. The van der Waals surface area contributed by atoms with Crippen LogP contribution in [0.15, 0.2) is 22.7 Å². The molecule has 1 aliphatic rings. The van der Waals surface area contributed by atoms with Gasteiger partial charge in [0.15, 0.2) is 0 Å². The van der Waals surface area contributed by atoms with Crippen LogP contribution in [-0.2, 0) is 0 Å². The second kappa shape index (κ2) is 5.55. The quantitative estimate of drug-likeness (QED) is 0.821. The van der Waals surface area contributed by atoms with E-state index in [1.165, 1.54) is 19.3 Å². The van der Waals surface area contributed by atoms with Crippen molar-refractivity contribution in [3.63, 3.8) is 0 Å². The summed E-state index contributed by atoms with van der Waals surface area (Å²) < 4.78 is 1.05. The van der Waals surface area contributed by atoms with Gasteiger partial charge < -0.3 is 4.90 Å². The fraction of sp³-hybridized carbons (Fsp3) is 0.500. The smallest absolute Gasteiger partial charge is 0.101 e. The molecule has 1 fully saturated rings. The van der Waals surface area contributed by atoms with Crippen molar-refractivity contribution in [3.05, 3.63) is 28.2 Å². The zero-order valence-corrected chi connectivity index (χ0v) is 11.7. The minimum atomic E-state index is 0.588. The fourth-order valence-electron chi connectivity index (χ4n) is 2.58. The van der Waals surface area contributed by atoms with Gasteiger partial charge in [-0.3, -0.25) is 0 Å². The molecule has 17 heavy (non-hydrogen) atoms. The van der Waals surface area contributed by atoms with Gasteiger partial charge in [-0.1, -0.05) is 22.9 Å². The van der Waals surface area contributed by atoms with Crippen LogP contribution in [-0.4, -0.2) is 12.6 Å². The van der Waals surface area contributed by atoms with Crippen LogP contribution in [0, 0.1) is 11.3 Å². The summed E-state index contributed by atoms with van der Waals surface area (Å²) in [7, 11) is 0. The number of halogens is 1. The molecule has 0 spiro atoms. The maximum absolute atomic E-state index is 9.21. The molecule has 0 N–H and O–H groups in total. The highest BCUT2D eigenvalue weighted by Gasteiger charge is 2.23. The van der Waals surface area contributed by atoms with Crippen molar-refractivity contribution in [3.8, 4) is 6.07 Å². The topological polar surface area (TPSA) is 27.0 Å². The van der Waals surface area contributed by atoms with E-state index in [-0.39, 0.29) is 0 Å². The lowest BCUT2D eigenvalue weighted by Gasteiger charge is -2.37. The maximum Gasteiger partial charge on any atom is 0.101 e. The van der Waals surface area contributed by atoms with Crippen LogP contribution in [0.5, 0.6) is 0 Å². The van der Waals surface area contributed by atoms with Gasteiger partial charge in [-0.2, -0.15) is 5.26 Å². The zero-order chi connectivity index (χ0) is 12.3. The van der Waals surface area contributed by atoms with Gasteiger partial charge in [0.2, 0.25) is 0 Å². The molecule has 1 saturated heterocycles. The third kappa shape index (κ3) is 2.63. The molecule has 1 aliphatic heterocycles. The molecule has 1 heterocycles. The van der Waals surface area contributed by atoms with E-state index in [1.807, 2.05) is 12.1 Å². The van der Waals surface area contributed by atoms with E-state index in [0.717, 1.165) is 28.7 Å². The molecule has 0 saturated carbocycles. The first-order chi connectivity index (χ1) is 8.26. The number of nitriles is 1. The highest BCUT2D eigenvalue weighted by molar-refractivity contribution is 9.10. The second-order valence-electron chi connectivity index (χ2n) is 4.52. The molecule has 90 valence electrons. The Bertz CT molecular complexity index is 436. The van der Waals surface area contributed by atoms with E-state index in [9.17, 15) is 5.26 Å². The first-order valence-electron chi connectivity index (χ1n) is 6.22. The Kier molecular flexibility index (Phi) is 4.06. The Morgan fingerprint density at radius 2 is 2.29 bits per heavy atom.